The fourth-order valence-electron chi connectivity index (χ4n) is 2.88. The topological polar surface area (TPSA) is 24.7 Å². The quantitative estimate of drug-likeness (QED) is 0.349. The van der Waals surface area contributed by atoms with E-state index in [0.717, 1.165) is 28.0 Å². The minimum Gasteiger partial charge on any atom is -0.206 e. The van der Waals surface area contributed by atoms with E-state index in [9.17, 15) is 4.39 Å². The summed E-state index contributed by atoms with van der Waals surface area (Å²) in [7, 11) is 0. The molecule has 116 valence electrons. The Bertz CT molecular complexity index is 925. The summed E-state index contributed by atoms with van der Waals surface area (Å²) in [5.41, 5.74) is 5.33. The fourth-order valence-corrected chi connectivity index (χ4v) is 3.09. The van der Waals surface area contributed by atoms with Crippen LogP contribution >= 0.6 is 11.6 Å². The first-order chi connectivity index (χ1) is 11.8. The van der Waals surface area contributed by atoms with Crippen LogP contribution in [0.5, 0.6) is 0 Å². The molecular formula is C20H12ClFN2. The Morgan fingerprint density at radius 1 is 0.750 bits per heavy atom. The number of nitrogens with zero attached hydrogens (tertiary/aromatic N) is 2. The number of fused-ring (bicyclic) bond motifs is 3. The van der Waals surface area contributed by atoms with Gasteiger partial charge in [0.05, 0.1) is 11.2 Å². The monoisotopic (exact) mass is 334 g/mol. The van der Waals surface area contributed by atoms with Gasteiger partial charge in [0.25, 0.3) is 0 Å². The summed E-state index contributed by atoms with van der Waals surface area (Å²) in [5.74, 6) is -0.418. The molecule has 4 heteroatoms. The lowest BCUT2D eigenvalue weighted by Crippen LogP contribution is -1.97. The molecule has 0 heterocycles. The van der Waals surface area contributed by atoms with Crippen LogP contribution in [0.2, 0.25) is 5.02 Å². The van der Waals surface area contributed by atoms with Crippen LogP contribution in [0.1, 0.15) is 16.7 Å². The van der Waals surface area contributed by atoms with Crippen LogP contribution in [-0.2, 0) is 0 Å². The van der Waals surface area contributed by atoms with E-state index in [4.69, 9.17) is 11.6 Å². The predicted octanol–water partition coefficient (Wildman–Crippen LogP) is 5.33. The Morgan fingerprint density at radius 2 is 1.33 bits per heavy atom. The van der Waals surface area contributed by atoms with Crippen molar-refractivity contribution in [1.82, 2.24) is 0 Å². The number of hydrogen-bond donors (Lipinski definition) is 0. The van der Waals surface area contributed by atoms with Gasteiger partial charge in [-0.3, -0.25) is 0 Å². The molecule has 3 aromatic rings. The molecule has 0 saturated heterocycles. The van der Waals surface area contributed by atoms with Crippen molar-refractivity contribution in [1.29, 1.82) is 0 Å². The molecule has 4 rings (SSSR count). The van der Waals surface area contributed by atoms with Crippen molar-refractivity contribution in [2.75, 3.05) is 0 Å². The Morgan fingerprint density at radius 3 is 1.92 bits per heavy atom. The second kappa shape index (κ2) is 6.02. The molecule has 2 nitrogen and oxygen atoms in total. The van der Waals surface area contributed by atoms with Crippen molar-refractivity contribution < 1.29 is 4.39 Å². The highest BCUT2D eigenvalue weighted by Crippen LogP contribution is 2.36. The van der Waals surface area contributed by atoms with E-state index in [2.05, 4.69) is 22.3 Å². The van der Waals surface area contributed by atoms with E-state index in [0.29, 0.717) is 5.02 Å². The maximum atomic E-state index is 13.8. The third-order valence-electron chi connectivity index (χ3n) is 4.00. The SMILES string of the molecule is Fc1cccc(Cl)c1/C=N/N=C1c2ccccc2-c2ccccc21. The highest BCUT2D eigenvalue weighted by molar-refractivity contribution is 6.33. The number of benzene rings is 3. The zero-order valence-electron chi connectivity index (χ0n) is 12.6. The van der Waals surface area contributed by atoms with Gasteiger partial charge in [0.15, 0.2) is 0 Å². The van der Waals surface area contributed by atoms with E-state index in [1.807, 2.05) is 36.4 Å². The molecule has 1 aliphatic carbocycles. The standard InChI is InChI=1S/C20H12ClFN2/c21-18-10-5-11-19(22)17(18)12-23-24-20-15-8-3-1-6-13(15)14-7-2-4-9-16(14)20/h1-12H/b23-12+. The van der Waals surface area contributed by atoms with Crippen LogP contribution in [-0.4, -0.2) is 11.9 Å². The van der Waals surface area contributed by atoms with Crippen LogP contribution in [0.4, 0.5) is 4.39 Å². The largest absolute Gasteiger partial charge is 0.206 e. The van der Waals surface area contributed by atoms with Crippen molar-refractivity contribution in [2.45, 2.75) is 0 Å². The van der Waals surface area contributed by atoms with Crippen molar-refractivity contribution in [3.63, 3.8) is 0 Å². The molecule has 0 atom stereocenters. The van der Waals surface area contributed by atoms with Crippen molar-refractivity contribution in [3.05, 3.63) is 94.3 Å². The number of hydrogen-bond acceptors (Lipinski definition) is 2. The smallest absolute Gasteiger partial charge is 0.133 e. The van der Waals surface area contributed by atoms with Gasteiger partial charge in [-0.2, -0.15) is 5.10 Å². The maximum Gasteiger partial charge on any atom is 0.133 e. The van der Waals surface area contributed by atoms with E-state index >= 15 is 0 Å². The van der Waals surface area contributed by atoms with Gasteiger partial charge in [-0.05, 0) is 23.3 Å². The molecule has 0 bridgehead atoms. The summed E-state index contributed by atoms with van der Waals surface area (Å²) in [4.78, 5) is 0. The summed E-state index contributed by atoms with van der Waals surface area (Å²) >= 11 is 6.01. The zero-order valence-corrected chi connectivity index (χ0v) is 13.3. The molecule has 0 radical (unpaired) electrons. The summed E-state index contributed by atoms with van der Waals surface area (Å²) in [5, 5.41) is 8.74. The Kier molecular flexibility index (Phi) is 3.71. The van der Waals surface area contributed by atoms with E-state index < -0.39 is 5.82 Å². The molecular weight excluding hydrogens is 323 g/mol. The zero-order chi connectivity index (χ0) is 16.5. The average molecular weight is 335 g/mol. The number of halogens is 2. The summed E-state index contributed by atoms with van der Waals surface area (Å²) in [6.45, 7) is 0. The van der Waals surface area contributed by atoms with Crippen molar-refractivity contribution in [2.24, 2.45) is 10.2 Å². The average Bonchev–Trinajstić information content (AvgIpc) is 2.92. The van der Waals surface area contributed by atoms with Crippen LogP contribution in [0.3, 0.4) is 0 Å². The second-order valence-electron chi connectivity index (χ2n) is 5.42. The normalized spacial score (nSPS) is 12.3. The maximum absolute atomic E-state index is 13.8. The molecule has 3 aromatic carbocycles. The van der Waals surface area contributed by atoms with Gasteiger partial charge in [0.2, 0.25) is 0 Å². The van der Waals surface area contributed by atoms with Crippen molar-refractivity contribution >= 4 is 23.5 Å². The van der Waals surface area contributed by atoms with Crippen LogP contribution in [0, 0.1) is 5.82 Å². The van der Waals surface area contributed by atoms with Crippen LogP contribution in [0.15, 0.2) is 76.9 Å². The second-order valence-corrected chi connectivity index (χ2v) is 5.83. The molecule has 24 heavy (non-hydrogen) atoms. The molecule has 0 aliphatic heterocycles. The van der Waals surface area contributed by atoms with Gasteiger partial charge in [-0.1, -0.05) is 66.2 Å². The van der Waals surface area contributed by atoms with E-state index in [1.165, 1.54) is 12.3 Å². The van der Waals surface area contributed by atoms with Gasteiger partial charge >= 0.3 is 0 Å². The molecule has 0 amide bonds. The molecule has 1 aliphatic rings. The van der Waals surface area contributed by atoms with Gasteiger partial charge < -0.3 is 0 Å². The summed E-state index contributed by atoms with van der Waals surface area (Å²) in [6.07, 6.45) is 1.36. The van der Waals surface area contributed by atoms with Crippen molar-refractivity contribution in [3.8, 4) is 11.1 Å². The van der Waals surface area contributed by atoms with Crippen LogP contribution < -0.4 is 0 Å². The Hall–Kier alpha value is -2.78. The fraction of sp³-hybridized carbons (Fsp3) is 0. The molecule has 0 unspecified atom stereocenters. The third-order valence-corrected chi connectivity index (χ3v) is 4.33. The molecule has 0 saturated carbocycles. The minimum atomic E-state index is -0.418. The molecule has 0 N–H and O–H groups in total. The van der Waals surface area contributed by atoms with Gasteiger partial charge in [-0.25, -0.2) is 4.39 Å². The van der Waals surface area contributed by atoms with Gasteiger partial charge in [0.1, 0.15) is 11.5 Å². The lowest BCUT2D eigenvalue weighted by molar-refractivity contribution is 0.626. The first kappa shape index (κ1) is 14.8. The lowest BCUT2D eigenvalue weighted by atomic mass is 10.1. The van der Waals surface area contributed by atoms with Gasteiger partial charge in [0, 0.05) is 16.7 Å². The Labute approximate surface area is 143 Å². The lowest BCUT2D eigenvalue weighted by Gasteiger charge is -1.99. The first-order valence-corrected chi connectivity index (χ1v) is 7.88. The summed E-state index contributed by atoms with van der Waals surface area (Å²) in [6, 6.07) is 20.6. The van der Waals surface area contributed by atoms with Crippen LogP contribution in [0.25, 0.3) is 11.1 Å². The molecule has 0 spiro atoms. The first-order valence-electron chi connectivity index (χ1n) is 7.50. The Balaban J connectivity index is 1.79. The highest BCUT2D eigenvalue weighted by atomic mass is 35.5. The van der Waals surface area contributed by atoms with E-state index in [-0.39, 0.29) is 5.56 Å². The third kappa shape index (κ3) is 2.43. The summed E-state index contributed by atoms with van der Waals surface area (Å²) < 4.78 is 13.8. The minimum absolute atomic E-state index is 0.239. The number of rotatable bonds is 2. The van der Waals surface area contributed by atoms with E-state index in [1.54, 1.807) is 12.1 Å². The highest BCUT2D eigenvalue weighted by Gasteiger charge is 2.23. The van der Waals surface area contributed by atoms with Gasteiger partial charge in [-0.15, -0.1) is 5.10 Å². The molecule has 0 aromatic heterocycles. The predicted molar refractivity (Wildman–Crippen MR) is 96.5 cm³/mol. The molecule has 0 fully saturated rings.